The summed E-state index contributed by atoms with van der Waals surface area (Å²) < 4.78 is 0. The normalized spacial score (nSPS) is 10.8. The number of aromatic amines is 1. The summed E-state index contributed by atoms with van der Waals surface area (Å²) in [5.41, 5.74) is 7.67. The molecule has 2 aromatic heterocycles. The van der Waals surface area contributed by atoms with Gasteiger partial charge in [-0.1, -0.05) is 30.3 Å². The fourth-order valence-corrected chi connectivity index (χ4v) is 2.34. The van der Waals surface area contributed by atoms with E-state index in [1.165, 1.54) is 16.7 Å². The van der Waals surface area contributed by atoms with Gasteiger partial charge in [0.25, 0.3) is 0 Å². The van der Waals surface area contributed by atoms with Crippen LogP contribution in [-0.2, 0) is 0 Å². The predicted octanol–water partition coefficient (Wildman–Crippen LogP) is 4.06. The van der Waals surface area contributed by atoms with Crippen LogP contribution in [0.15, 0.2) is 42.6 Å². The van der Waals surface area contributed by atoms with Crippen LogP contribution in [-0.4, -0.2) is 15.2 Å². The predicted molar refractivity (Wildman–Crippen MR) is 81.5 cm³/mol. The molecule has 0 saturated heterocycles. The van der Waals surface area contributed by atoms with Crippen molar-refractivity contribution in [3.05, 3.63) is 59.4 Å². The Morgan fingerprint density at radius 3 is 2.35 bits per heavy atom. The van der Waals surface area contributed by atoms with E-state index in [4.69, 9.17) is 0 Å². The van der Waals surface area contributed by atoms with Gasteiger partial charge in [-0.3, -0.25) is 10.1 Å². The van der Waals surface area contributed by atoms with Crippen LogP contribution in [0.4, 0.5) is 0 Å². The fraction of sp³-hybridized carbons (Fsp3) is 0.176. The third-order valence-corrected chi connectivity index (χ3v) is 3.69. The minimum atomic E-state index is 0.920. The van der Waals surface area contributed by atoms with Gasteiger partial charge < -0.3 is 0 Å². The fourth-order valence-electron chi connectivity index (χ4n) is 2.34. The van der Waals surface area contributed by atoms with Gasteiger partial charge in [-0.05, 0) is 43.5 Å². The van der Waals surface area contributed by atoms with Crippen LogP contribution in [0, 0.1) is 20.8 Å². The lowest BCUT2D eigenvalue weighted by Crippen LogP contribution is -1.91. The van der Waals surface area contributed by atoms with Crippen molar-refractivity contribution in [3.63, 3.8) is 0 Å². The molecule has 0 aliphatic rings. The van der Waals surface area contributed by atoms with Crippen LogP contribution in [0.3, 0.4) is 0 Å². The van der Waals surface area contributed by atoms with E-state index in [0.717, 1.165) is 22.6 Å². The molecule has 0 aliphatic heterocycles. The molecule has 0 bridgehead atoms. The van der Waals surface area contributed by atoms with Crippen molar-refractivity contribution in [3.8, 4) is 22.5 Å². The molecule has 3 rings (SSSR count). The van der Waals surface area contributed by atoms with E-state index in [0.29, 0.717) is 0 Å². The van der Waals surface area contributed by atoms with E-state index in [-0.39, 0.29) is 0 Å². The zero-order valence-electron chi connectivity index (χ0n) is 11.9. The third-order valence-electron chi connectivity index (χ3n) is 3.69. The molecule has 3 heteroatoms. The average Bonchev–Trinajstić information content (AvgIpc) is 2.80. The zero-order valence-corrected chi connectivity index (χ0v) is 11.9. The van der Waals surface area contributed by atoms with Crippen LogP contribution in [0.25, 0.3) is 22.5 Å². The summed E-state index contributed by atoms with van der Waals surface area (Å²) in [5.74, 6) is 0. The Bertz CT molecular complexity index is 742. The van der Waals surface area contributed by atoms with Crippen molar-refractivity contribution in [1.29, 1.82) is 0 Å². The molecule has 0 fully saturated rings. The maximum atomic E-state index is 4.58. The number of H-pyrrole nitrogens is 1. The first-order chi connectivity index (χ1) is 9.66. The van der Waals surface area contributed by atoms with E-state index in [2.05, 4.69) is 47.2 Å². The molecule has 3 nitrogen and oxygen atoms in total. The summed E-state index contributed by atoms with van der Waals surface area (Å²) >= 11 is 0. The van der Waals surface area contributed by atoms with Crippen molar-refractivity contribution in [2.75, 3.05) is 0 Å². The van der Waals surface area contributed by atoms with Gasteiger partial charge in [-0.15, -0.1) is 0 Å². The molecule has 1 aromatic carbocycles. The highest BCUT2D eigenvalue weighted by molar-refractivity contribution is 5.70. The molecule has 0 atom stereocenters. The number of nitrogens with one attached hydrogen (secondary N) is 1. The molecule has 1 N–H and O–H groups in total. The number of benzene rings is 1. The topological polar surface area (TPSA) is 41.6 Å². The minimum absolute atomic E-state index is 0.920. The Labute approximate surface area is 118 Å². The maximum absolute atomic E-state index is 4.58. The van der Waals surface area contributed by atoms with Gasteiger partial charge in [-0.25, -0.2) is 0 Å². The number of aryl methyl sites for hydroxylation is 2. The second kappa shape index (κ2) is 4.93. The van der Waals surface area contributed by atoms with E-state index < -0.39 is 0 Å². The summed E-state index contributed by atoms with van der Waals surface area (Å²) in [6.45, 7) is 6.20. The second-order valence-electron chi connectivity index (χ2n) is 5.07. The quantitative estimate of drug-likeness (QED) is 0.757. The summed E-state index contributed by atoms with van der Waals surface area (Å²) in [4.78, 5) is 4.58. The smallest absolute Gasteiger partial charge is 0.114 e. The van der Waals surface area contributed by atoms with E-state index >= 15 is 0 Å². The monoisotopic (exact) mass is 263 g/mol. The lowest BCUT2D eigenvalue weighted by Gasteiger charge is -2.07. The van der Waals surface area contributed by atoms with Crippen LogP contribution in [0.1, 0.15) is 16.8 Å². The Kier molecular flexibility index (Phi) is 3.11. The molecule has 3 aromatic rings. The lowest BCUT2D eigenvalue weighted by atomic mass is 10.0. The molecular weight excluding hydrogens is 246 g/mol. The Morgan fingerprint density at radius 2 is 1.75 bits per heavy atom. The average molecular weight is 263 g/mol. The molecule has 0 unspecified atom stereocenters. The molecule has 0 radical (unpaired) electrons. The molecule has 0 amide bonds. The number of aromatic nitrogens is 3. The van der Waals surface area contributed by atoms with Crippen molar-refractivity contribution >= 4 is 0 Å². The Hall–Kier alpha value is -2.42. The van der Waals surface area contributed by atoms with E-state index in [1.807, 2.05) is 31.3 Å². The molecular formula is C17H17N3. The van der Waals surface area contributed by atoms with Crippen LogP contribution in [0.5, 0.6) is 0 Å². The first-order valence-electron chi connectivity index (χ1n) is 6.71. The molecule has 0 spiro atoms. The highest BCUT2D eigenvalue weighted by Crippen LogP contribution is 2.27. The second-order valence-corrected chi connectivity index (χ2v) is 5.07. The Balaban J connectivity index is 2.06. The molecule has 100 valence electrons. The van der Waals surface area contributed by atoms with E-state index in [9.17, 15) is 0 Å². The number of nitrogens with zero attached hydrogens (tertiary/aromatic N) is 2. The summed E-state index contributed by atoms with van der Waals surface area (Å²) in [7, 11) is 0. The largest absolute Gasteiger partial charge is 0.282 e. The minimum Gasteiger partial charge on any atom is -0.282 e. The van der Waals surface area contributed by atoms with Gasteiger partial charge in [-0.2, -0.15) is 5.10 Å². The Morgan fingerprint density at radius 1 is 1.00 bits per heavy atom. The highest BCUT2D eigenvalue weighted by atomic mass is 15.1. The molecule has 0 saturated carbocycles. The first-order valence-corrected chi connectivity index (χ1v) is 6.71. The van der Waals surface area contributed by atoms with Gasteiger partial charge in [0.05, 0.1) is 5.69 Å². The lowest BCUT2D eigenvalue weighted by molar-refractivity contribution is 1.04. The summed E-state index contributed by atoms with van der Waals surface area (Å²) in [6.07, 6.45) is 1.93. The van der Waals surface area contributed by atoms with Gasteiger partial charge in [0.15, 0.2) is 0 Å². The van der Waals surface area contributed by atoms with Gasteiger partial charge in [0.1, 0.15) is 5.69 Å². The van der Waals surface area contributed by atoms with Gasteiger partial charge in [0.2, 0.25) is 0 Å². The number of rotatable bonds is 2. The summed E-state index contributed by atoms with van der Waals surface area (Å²) in [6, 6.07) is 12.4. The van der Waals surface area contributed by atoms with Crippen molar-refractivity contribution in [1.82, 2.24) is 15.2 Å². The molecule has 20 heavy (non-hydrogen) atoms. The molecule has 2 heterocycles. The maximum Gasteiger partial charge on any atom is 0.114 e. The van der Waals surface area contributed by atoms with Crippen molar-refractivity contribution < 1.29 is 0 Å². The SMILES string of the molecule is Cc1cc(-c2n[nH]c(C)c2C)ncc1-c1ccccc1. The highest BCUT2D eigenvalue weighted by Gasteiger charge is 2.11. The standard InChI is InChI=1S/C17H17N3/c1-11-9-16(17-12(2)13(3)19-20-17)18-10-15(11)14-7-5-4-6-8-14/h4-10H,1-3H3,(H,19,20). The van der Waals surface area contributed by atoms with Gasteiger partial charge >= 0.3 is 0 Å². The first kappa shape index (κ1) is 12.6. The third kappa shape index (κ3) is 2.11. The zero-order chi connectivity index (χ0) is 14.1. The van der Waals surface area contributed by atoms with Gasteiger partial charge in [0, 0.05) is 17.5 Å². The number of hydrogen-bond acceptors (Lipinski definition) is 2. The van der Waals surface area contributed by atoms with Crippen molar-refractivity contribution in [2.45, 2.75) is 20.8 Å². The summed E-state index contributed by atoms with van der Waals surface area (Å²) in [5, 5.41) is 7.35. The van der Waals surface area contributed by atoms with Crippen LogP contribution >= 0.6 is 0 Å². The van der Waals surface area contributed by atoms with E-state index in [1.54, 1.807) is 0 Å². The van der Waals surface area contributed by atoms with Crippen LogP contribution < -0.4 is 0 Å². The molecule has 0 aliphatic carbocycles. The number of hydrogen-bond donors (Lipinski definition) is 1. The van der Waals surface area contributed by atoms with Crippen molar-refractivity contribution in [2.24, 2.45) is 0 Å². The number of pyridine rings is 1. The van der Waals surface area contributed by atoms with Crippen LogP contribution in [0.2, 0.25) is 0 Å².